The minimum Gasteiger partial charge on any atom is -0.354 e. The first-order chi connectivity index (χ1) is 6.20. The zero-order chi connectivity index (χ0) is 10.1. The highest BCUT2D eigenvalue weighted by molar-refractivity contribution is 9.12. The van der Waals surface area contributed by atoms with E-state index in [0.717, 1.165) is 10.7 Å². The average molecular weight is 448 g/mol. The zero-order valence-electron chi connectivity index (χ0n) is 7.02. The van der Waals surface area contributed by atoms with Gasteiger partial charge in [-0.15, -0.1) is 0 Å². The molecule has 0 saturated carbocycles. The van der Waals surface area contributed by atoms with E-state index < -0.39 is 0 Å². The third-order valence-corrected chi connectivity index (χ3v) is 5.58. The molecule has 2 nitrogen and oxygen atoms in total. The third-order valence-electron chi connectivity index (χ3n) is 1.10. The minimum absolute atomic E-state index is 0.351. The molecule has 0 saturated heterocycles. The first-order valence-electron chi connectivity index (χ1n) is 3.76. The van der Waals surface area contributed by atoms with Crippen molar-refractivity contribution in [3.05, 3.63) is 0 Å². The fourth-order valence-corrected chi connectivity index (χ4v) is 1.25. The fourth-order valence-electron chi connectivity index (χ4n) is 0.500. The predicted molar refractivity (Wildman–Crippen MR) is 69.8 cm³/mol. The Morgan fingerprint density at radius 3 is 1.54 bits per heavy atom. The van der Waals surface area contributed by atoms with Gasteiger partial charge in [-0.25, -0.2) is 0 Å². The summed E-state index contributed by atoms with van der Waals surface area (Å²) in [7, 11) is 0. The van der Waals surface area contributed by atoms with Crippen LogP contribution in [-0.4, -0.2) is 40.3 Å². The molecule has 0 bridgehead atoms. The van der Waals surface area contributed by atoms with Crippen LogP contribution in [0.25, 0.3) is 0 Å². The quantitative estimate of drug-likeness (QED) is 0.323. The average Bonchev–Trinajstić information content (AvgIpc) is 2.16. The maximum Gasteiger partial charge on any atom is 0.146 e. The van der Waals surface area contributed by atoms with E-state index in [1.807, 2.05) is 0 Å². The fraction of sp³-hybridized carbons (Fsp3) is 1.00. The molecule has 0 aromatic heterocycles. The van der Waals surface area contributed by atoms with Crippen LogP contribution < -0.4 is 0 Å². The Kier molecular flexibility index (Phi) is 11.8. The van der Waals surface area contributed by atoms with Crippen molar-refractivity contribution in [2.45, 2.75) is 9.65 Å². The molecule has 0 rings (SSSR count). The molecule has 0 aliphatic rings. The molecule has 80 valence electrons. The van der Waals surface area contributed by atoms with Crippen LogP contribution in [0.2, 0.25) is 0 Å². The van der Waals surface area contributed by atoms with E-state index in [2.05, 4.69) is 63.7 Å². The van der Waals surface area contributed by atoms with Crippen molar-refractivity contribution in [1.29, 1.82) is 0 Å². The van der Waals surface area contributed by atoms with E-state index in [9.17, 15) is 0 Å². The third kappa shape index (κ3) is 10.1. The van der Waals surface area contributed by atoms with Crippen LogP contribution in [0.1, 0.15) is 0 Å². The predicted octanol–water partition coefficient (Wildman–Crippen LogP) is 3.29. The Labute approximate surface area is 113 Å². The van der Waals surface area contributed by atoms with Crippen LogP contribution in [-0.2, 0) is 9.47 Å². The highest BCUT2D eigenvalue weighted by Gasteiger charge is 2.03. The van der Waals surface area contributed by atoms with Crippen molar-refractivity contribution in [2.75, 3.05) is 30.7 Å². The summed E-state index contributed by atoms with van der Waals surface area (Å²) in [5.41, 5.74) is 0. The van der Waals surface area contributed by atoms with Gasteiger partial charge in [0.05, 0.1) is 13.2 Å². The van der Waals surface area contributed by atoms with E-state index in [0.29, 0.717) is 29.7 Å². The van der Waals surface area contributed by atoms with Crippen LogP contribution in [0.3, 0.4) is 0 Å². The molecule has 0 aliphatic carbocycles. The molecular formula is C7H12Br4O2. The summed E-state index contributed by atoms with van der Waals surface area (Å²) in [6, 6.07) is 0. The molecule has 0 heterocycles. The Bertz CT molecular complexity index is 103. The van der Waals surface area contributed by atoms with Crippen LogP contribution in [0.4, 0.5) is 0 Å². The summed E-state index contributed by atoms with van der Waals surface area (Å²) >= 11 is 13.5. The number of ether oxygens (including phenoxy) is 2. The molecule has 0 aromatic carbocycles. The number of hydrogen-bond donors (Lipinski definition) is 0. The molecule has 0 aromatic rings. The molecule has 13 heavy (non-hydrogen) atoms. The van der Waals surface area contributed by atoms with Gasteiger partial charge in [0.15, 0.2) is 0 Å². The first kappa shape index (κ1) is 14.8. The summed E-state index contributed by atoms with van der Waals surface area (Å²) in [4.78, 5) is 0.707. The van der Waals surface area contributed by atoms with Gasteiger partial charge in [-0.05, 0) is 0 Å². The smallest absolute Gasteiger partial charge is 0.146 e. The summed E-state index contributed by atoms with van der Waals surface area (Å²) in [6.07, 6.45) is 0. The zero-order valence-corrected chi connectivity index (χ0v) is 13.4. The van der Waals surface area contributed by atoms with Gasteiger partial charge < -0.3 is 9.47 Å². The van der Waals surface area contributed by atoms with Crippen molar-refractivity contribution in [3.8, 4) is 0 Å². The van der Waals surface area contributed by atoms with Crippen LogP contribution in [0, 0.1) is 0 Å². The Morgan fingerprint density at radius 2 is 1.23 bits per heavy atom. The number of hydrogen-bond acceptors (Lipinski definition) is 2. The van der Waals surface area contributed by atoms with E-state index >= 15 is 0 Å². The first-order valence-corrected chi connectivity index (χ1v) is 7.83. The lowest BCUT2D eigenvalue weighted by Gasteiger charge is -2.09. The second kappa shape index (κ2) is 10.4. The number of halogens is 4. The Balaban J connectivity index is 3.08. The van der Waals surface area contributed by atoms with Crippen molar-refractivity contribution >= 4 is 63.7 Å². The molecule has 0 amide bonds. The molecule has 6 heteroatoms. The van der Waals surface area contributed by atoms with Gasteiger partial charge in [0.2, 0.25) is 0 Å². The molecule has 0 fully saturated rings. The molecule has 2 atom stereocenters. The van der Waals surface area contributed by atoms with Crippen molar-refractivity contribution < 1.29 is 9.47 Å². The lowest BCUT2D eigenvalue weighted by Crippen LogP contribution is -2.15. The van der Waals surface area contributed by atoms with Gasteiger partial charge >= 0.3 is 0 Å². The number of rotatable bonds is 8. The lowest BCUT2D eigenvalue weighted by atomic mass is 10.5. The summed E-state index contributed by atoms with van der Waals surface area (Å²) in [5.74, 6) is 0. The molecule has 0 radical (unpaired) electrons. The van der Waals surface area contributed by atoms with Crippen molar-refractivity contribution in [3.63, 3.8) is 0 Å². The highest BCUT2D eigenvalue weighted by Crippen LogP contribution is 2.05. The van der Waals surface area contributed by atoms with E-state index in [1.54, 1.807) is 0 Å². The lowest BCUT2D eigenvalue weighted by molar-refractivity contribution is -0.0498. The topological polar surface area (TPSA) is 18.5 Å². The molecule has 0 aliphatic heterocycles. The minimum atomic E-state index is 0.351. The molecule has 0 unspecified atom stereocenters. The van der Waals surface area contributed by atoms with E-state index in [1.165, 1.54) is 0 Å². The monoisotopic (exact) mass is 444 g/mol. The van der Waals surface area contributed by atoms with Gasteiger partial charge in [0.25, 0.3) is 0 Å². The summed E-state index contributed by atoms with van der Waals surface area (Å²) < 4.78 is 10.5. The van der Waals surface area contributed by atoms with E-state index in [-0.39, 0.29) is 0 Å². The van der Waals surface area contributed by atoms with Gasteiger partial charge in [0.1, 0.15) is 6.79 Å². The SMILES string of the molecule is BrC[C@@H](Br)COCOC[C@@H](Br)CBr. The van der Waals surface area contributed by atoms with Crippen LogP contribution >= 0.6 is 63.7 Å². The maximum absolute atomic E-state index is 5.25. The Morgan fingerprint density at radius 1 is 0.846 bits per heavy atom. The molecular weight excluding hydrogens is 436 g/mol. The molecule has 0 spiro atoms. The molecule has 0 N–H and O–H groups in total. The van der Waals surface area contributed by atoms with Gasteiger partial charge in [-0.3, -0.25) is 0 Å². The standard InChI is InChI=1S/C7H12Br4O2/c8-1-6(10)3-12-5-13-4-7(11)2-9/h6-7H,1-5H2/t6-,7+. The van der Waals surface area contributed by atoms with Crippen molar-refractivity contribution in [2.24, 2.45) is 0 Å². The summed E-state index contributed by atoms with van der Waals surface area (Å²) in [6.45, 7) is 1.67. The Hall–Kier alpha value is 1.84. The normalized spacial score (nSPS) is 15.7. The second-order valence-electron chi connectivity index (χ2n) is 2.36. The van der Waals surface area contributed by atoms with Crippen LogP contribution in [0.15, 0.2) is 0 Å². The van der Waals surface area contributed by atoms with Gasteiger partial charge in [-0.1, -0.05) is 63.7 Å². The van der Waals surface area contributed by atoms with Crippen molar-refractivity contribution in [1.82, 2.24) is 0 Å². The number of alkyl halides is 4. The van der Waals surface area contributed by atoms with Gasteiger partial charge in [-0.2, -0.15) is 0 Å². The largest absolute Gasteiger partial charge is 0.354 e. The van der Waals surface area contributed by atoms with Gasteiger partial charge in [0, 0.05) is 20.3 Å². The van der Waals surface area contributed by atoms with E-state index in [4.69, 9.17) is 9.47 Å². The maximum atomic E-state index is 5.25. The highest BCUT2D eigenvalue weighted by atomic mass is 79.9. The summed E-state index contributed by atoms with van der Waals surface area (Å²) in [5, 5.41) is 1.77. The second-order valence-corrected chi connectivity index (χ2v) is 6.25. The van der Waals surface area contributed by atoms with Crippen LogP contribution in [0.5, 0.6) is 0 Å².